The highest BCUT2D eigenvalue weighted by atomic mass is 16.5. The van der Waals surface area contributed by atoms with E-state index in [1.807, 2.05) is 30.3 Å². The molecular weight excluding hydrogens is 314 g/mol. The normalized spacial score (nSPS) is 12.2. The molecule has 2 aromatic carbocycles. The van der Waals surface area contributed by atoms with Gasteiger partial charge in [-0.15, -0.1) is 0 Å². The van der Waals surface area contributed by atoms with Gasteiger partial charge in [0.25, 0.3) is 0 Å². The first-order valence-electron chi connectivity index (χ1n) is 8.29. The molecule has 25 heavy (non-hydrogen) atoms. The van der Waals surface area contributed by atoms with Crippen LogP contribution in [0.3, 0.4) is 0 Å². The van der Waals surface area contributed by atoms with Crippen LogP contribution in [0.1, 0.15) is 21.6 Å². The number of hydrogen-bond donors (Lipinski definition) is 1. The Bertz CT molecular complexity index is 956. The largest absolute Gasteiger partial charge is 0.496 e. The fourth-order valence-corrected chi connectivity index (χ4v) is 3.66. The lowest BCUT2D eigenvalue weighted by Gasteiger charge is -2.18. The zero-order valence-corrected chi connectivity index (χ0v) is 14.3. The Morgan fingerprint density at radius 3 is 2.44 bits per heavy atom. The van der Waals surface area contributed by atoms with Gasteiger partial charge in [0.1, 0.15) is 11.4 Å². The lowest BCUT2D eigenvalue weighted by Crippen LogP contribution is -2.05. The molecule has 1 aromatic heterocycles. The van der Waals surface area contributed by atoms with Gasteiger partial charge < -0.3 is 14.5 Å². The van der Waals surface area contributed by atoms with E-state index in [2.05, 4.69) is 23.2 Å². The molecule has 1 N–H and O–H groups in total. The minimum absolute atomic E-state index is 0.368. The molecule has 0 radical (unpaired) electrons. The van der Waals surface area contributed by atoms with Crippen molar-refractivity contribution in [2.45, 2.75) is 12.8 Å². The maximum atomic E-state index is 12.4. The zero-order chi connectivity index (χ0) is 17.4. The molecule has 0 aliphatic heterocycles. The summed E-state index contributed by atoms with van der Waals surface area (Å²) in [7, 11) is 3.05. The van der Waals surface area contributed by atoms with Crippen molar-refractivity contribution in [1.29, 1.82) is 0 Å². The molecule has 0 atom stereocenters. The smallest absolute Gasteiger partial charge is 0.355 e. The number of hydrogen-bond acceptors (Lipinski definition) is 3. The first-order chi connectivity index (χ1) is 12.2. The van der Waals surface area contributed by atoms with E-state index in [1.54, 1.807) is 7.11 Å². The van der Waals surface area contributed by atoms with Crippen molar-refractivity contribution in [1.82, 2.24) is 4.98 Å². The molecule has 0 unspecified atom stereocenters. The van der Waals surface area contributed by atoms with Crippen LogP contribution >= 0.6 is 0 Å². The van der Waals surface area contributed by atoms with E-state index in [-0.39, 0.29) is 5.97 Å². The third-order valence-electron chi connectivity index (χ3n) is 4.80. The Labute approximate surface area is 146 Å². The molecule has 1 heterocycles. The molecule has 0 amide bonds. The number of rotatable bonds is 3. The van der Waals surface area contributed by atoms with Crippen molar-refractivity contribution in [3.05, 3.63) is 65.4 Å². The van der Waals surface area contributed by atoms with E-state index in [1.165, 1.54) is 12.7 Å². The zero-order valence-electron chi connectivity index (χ0n) is 14.3. The van der Waals surface area contributed by atoms with Gasteiger partial charge in [-0.25, -0.2) is 4.79 Å². The lowest BCUT2D eigenvalue weighted by atomic mass is 9.86. The summed E-state index contributed by atoms with van der Waals surface area (Å²) in [6.07, 6.45) is 1.82. The summed E-state index contributed by atoms with van der Waals surface area (Å²) >= 11 is 0. The second-order valence-corrected chi connectivity index (χ2v) is 6.08. The molecule has 4 rings (SSSR count). The SMILES string of the molecule is COC(=O)c1[nH]c2c(c1-c1ccccc1OC)CCc1ccccc1-2. The van der Waals surface area contributed by atoms with Gasteiger partial charge in [-0.05, 0) is 30.0 Å². The number of carbonyl (C=O) groups excluding carboxylic acids is 1. The van der Waals surface area contributed by atoms with Crippen LogP contribution in [0.5, 0.6) is 5.75 Å². The van der Waals surface area contributed by atoms with Crippen molar-refractivity contribution in [2.75, 3.05) is 14.2 Å². The Hall–Kier alpha value is -3.01. The number of fused-ring (bicyclic) bond motifs is 3. The maximum absolute atomic E-state index is 12.4. The number of nitrogens with one attached hydrogen (secondary N) is 1. The summed E-state index contributed by atoms with van der Waals surface area (Å²) in [5.41, 5.74) is 6.85. The van der Waals surface area contributed by atoms with E-state index in [0.29, 0.717) is 5.69 Å². The van der Waals surface area contributed by atoms with Crippen LogP contribution in [-0.4, -0.2) is 25.2 Å². The van der Waals surface area contributed by atoms with Crippen LogP contribution in [-0.2, 0) is 17.6 Å². The average molecular weight is 333 g/mol. The molecule has 3 aromatic rings. The van der Waals surface area contributed by atoms with Crippen molar-refractivity contribution >= 4 is 5.97 Å². The van der Waals surface area contributed by atoms with Crippen LogP contribution in [0.2, 0.25) is 0 Å². The number of aromatic nitrogens is 1. The van der Waals surface area contributed by atoms with Gasteiger partial charge in [-0.1, -0.05) is 42.5 Å². The summed E-state index contributed by atoms with van der Waals surface area (Å²) in [5.74, 6) is 0.376. The van der Waals surface area contributed by atoms with Gasteiger partial charge in [0.05, 0.1) is 19.9 Å². The fourth-order valence-electron chi connectivity index (χ4n) is 3.66. The number of methoxy groups -OCH3 is 2. The van der Waals surface area contributed by atoms with Gasteiger partial charge >= 0.3 is 5.97 Å². The summed E-state index contributed by atoms with van der Waals surface area (Å²) in [4.78, 5) is 15.8. The van der Waals surface area contributed by atoms with Crippen molar-refractivity contribution in [2.24, 2.45) is 0 Å². The first kappa shape index (κ1) is 15.5. The molecule has 126 valence electrons. The molecule has 4 nitrogen and oxygen atoms in total. The number of para-hydroxylation sites is 1. The third kappa shape index (κ3) is 2.41. The summed E-state index contributed by atoms with van der Waals surface area (Å²) in [6, 6.07) is 16.1. The van der Waals surface area contributed by atoms with Gasteiger partial charge in [-0.2, -0.15) is 0 Å². The summed E-state index contributed by atoms with van der Waals surface area (Å²) in [5, 5.41) is 0. The van der Waals surface area contributed by atoms with Crippen LogP contribution in [0.15, 0.2) is 48.5 Å². The molecule has 1 aliphatic rings. The Morgan fingerprint density at radius 1 is 0.960 bits per heavy atom. The molecule has 4 heteroatoms. The Morgan fingerprint density at radius 2 is 1.68 bits per heavy atom. The Kier molecular flexibility index (Phi) is 3.80. The number of carbonyl (C=O) groups is 1. The molecule has 0 saturated heterocycles. The van der Waals surface area contributed by atoms with Crippen LogP contribution in [0.25, 0.3) is 22.4 Å². The van der Waals surface area contributed by atoms with Crippen LogP contribution in [0, 0.1) is 0 Å². The van der Waals surface area contributed by atoms with Gasteiger partial charge in [0.15, 0.2) is 0 Å². The minimum Gasteiger partial charge on any atom is -0.496 e. The summed E-state index contributed by atoms with van der Waals surface area (Å²) in [6.45, 7) is 0. The van der Waals surface area contributed by atoms with E-state index >= 15 is 0 Å². The topological polar surface area (TPSA) is 51.3 Å². The number of ether oxygens (including phenoxy) is 2. The number of H-pyrrole nitrogens is 1. The van der Waals surface area contributed by atoms with Crippen LogP contribution < -0.4 is 4.74 Å². The standard InChI is InChI=1S/C21H19NO3/c1-24-17-10-6-5-9-15(17)18-16-12-11-13-7-3-4-8-14(13)19(16)22-20(18)21(23)25-2/h3-10,22H,11-12H2,1-2H3. The van der Waals surface area contributed by atoms with Crippen molar-refractivity contribution in [3.8, 4) is 28.1 Å². The molecule has 0 fully saturated rings. The van der Waals surface area contributed by atoms with Gasteiger partial charge in [0.2, 0.25) is 0 Å². The molecule has 1 aliphatic carbocycles. The quantitative estimate of drug-likeness (QED) is 0.729. The molecule has 0 spiro atoms. The number of aromatic amines is 1. The highest BCUT2D eigenvalue weighted by Gasteiger charge is 2.29. The highest BCUT2D eigenvalue weighted by Crippen LogP contribution is 2.43. The first-order valence-corrected chi connectivity index (χ1v) is 8.29. The average Bonchev–Trinajstić information content (AvgIpc) is 3.07. The minimum atomic E-state index is -0.368. The van der Waals surface area contributed by atoms with Gasteiger partial charge in [0, 0.05) is 16.7 Å². The molecule has 0 saturated carbocycles. The predicted octanol–water partition coefficient (Wildman–Crippen LogP) is 4.24. The summed E-state index contributed by atoms with van der Waals surface area (Å²) < 4.78 is 10.6. The van der Waals surface area contributed by atoms with Crippen molar-refractivity contribution < 1.29 is 14.3 Å². The highest BCUT2D eigenvalue weighted by molar-refractivity contribution is 6.00. The second kappa shape index (κ2) is 6.13. The fraction of sp³-hybridized carbons (Fsp3) is 0.190. The van der Waals surface area contributed by atoms with E-state index in [0.717, 1.165) is 46.5 Å². The Balaban J connectivity index is 2.02. The molecular formula is C21H19NO3. The second-order valence-electron chi connectivity index (χ2n) is 6.08. The maximum Gasteiger partial charge on any atom is 0.355 e. The van der Waals surface area contributed by atoms with E-state index in [4.69, 9.17) is 9.47 Å². The third-order valence-corrected chi connectivity index (χ3v) is 4.80. The predicted molar refractivity (Wildman–Crippen MR) is 97.0 cm³/mol. The lowest BCUT2D eigenvalue weighted by molar-refractivity contribution is 0.0596. The monoisotopic (exact) mass is 333 g/mol. The molecule has 0 bridgehead atoms. The van der Waals surface area contributed by atoms with E-state index < -0.39 is 0 Å². The number of aryl methyl sites for hydroxylation is 1. The van der Waals surface area contributed by atoms with Crippen molar-refractivity contribution in [3.63, 3.8) is 0 Å². The number of benzene rings is 2. The number of esters is 1. The van der Waals surface area contributed by atoms with E-state index in [9.17, 15) is 4.79 Å². The van der Waals surface area contributed by atoms with Gasteiger partial charge in [-0.3, -0.25) is 0 Å². The van der Waals surface area contributed by atoms with Crippen LogP contribution in [0.4, 0.5) is 0 Å².